The lowest BCUT2D eigenvalue weighted by atomic mass is 9.97. The fourth-order valence-electron chi connectivity index (χ4n) is 2.11. The summed E-state index contributed by atoms with van der Waals surface area (Å²) in [5, 5.41) is 17.1. The van der Waals surface area contributed by atoms with E-state index in [2.05, 4.69) is 22.5 Å². The minimum absolute atomic E-state index is 0.0332. The zero-order valence-electron chi connectivity index (χ0n) is 10.7. The summed E-state index contributed by atoms with van der Waals surface area (Å²) < 4.78 is 0. The molecule has 1 amide bonds. The van der Waals surface area contributed by atoms with E-state index >= 15 is 0 Å². The van der Waals surface area contributed by atoms with Gasteiger partial charge in [0.05, 0.1) is 10.9 Å². The Kier molecular flexibility index (Phi) is 4.49. The van der Waals surface area contributed by atoms with Gasteiger partial charge in [-0.15, -0.1) is 11.3 Å². The van der Waals surface area contributed by atoms with Gasteiger partial charge in [-0.25, -0.2) is 9.78 Å². The molecule has 0 aromatic carbocycles. The Morgan fingerprint density at radius 1 is 1.58 bits per heavy atom. The molecule has 2 atom stereocenters. The Labute approximate surface area is 115 Å². The molecule has 2 heterocycles. The number of rotatable bonds is 5. The van der Waals surface area contributed by atoms with Crippen molar-refractivity contribution in [1.29, 1.82) is 0 Å². The second kappa shape index (κ2) is 6.12. The molecule has 0 unspecified atom stereocenters. The third kappa shape index (κ3) is 3.51. The number of carboxylic acids is 1. The summed E-state index contributed by atoms with van der Waals surface area (Å²) in [6, 6.07) is 0. The molecule has 0 aliphatic carbocycles. The topological polar surface area (TPSA) is 91.3 Å². The van der Waals surface area contributed by atoms with E-state index in [0.717, 1.165) is 18.1 Å². The van der Waals surface area contributed by atoms with Crippen LogP contribution in [0, 0.1) is 11.8 Å². The highest BCUT2D eigenvalue weighted by Gasteiger charge is 2.29. The maximum Gasteiger partial charge on any atom is 0.355 e. The van der Waals surface area contributed by atoms with Gasteiger partial charge in [0, 0.05) is 24.9 Å². The number of aromatic nitrogens is 1. The minimum atomic E-state index is -1.02. The van der Waals surface area contributed by atoms with Crippen LogP contribution in [-0.4, -0.2) is 41.6 Å². The number of carbonyl (C=O) groups is 2. The Morgan fingerprint density at radius 3 is 2.95 bits per heavy atom. The monoisotopic (exact) mass is 283 g/mol. The molecule has 7 heteroatoms. The Hall–Kier alpha value is -1.47. The molecule has 1 fully saturated rings. The van der Waals surface area contributed by atoms with Gasteiger partial charge in [0.25, 0.3) is 0 Å². The lowest BCUT2D eigenvalue weighted by Gasteiger charge is -2.13. The third-order valence-electron chi connectivity index (χ3n) is 3.26. The first-order valence-corrected chi connectivity index (χ1v) is 7.12. The highest BCUT2D eigenvalue weighted by Crippen LogP contribution is 2.15. The molecule has 19 heavy (non-hydrogen) atoms. The van der Waals surface area contributed by atoms with Crippen LogP contribution in [0.4, 0.5) is 0 Å². The smallest absolute Gasteiger partial charge is 0.355 e. The van der Waals surface area contributed by atoms with E-state index in [1.165, 1.54) is 16.7 Å². The van der Waals surface area contributed by atoms with Crippen molar-refractivity contribution < 1.29 is 14.7 Å². The Morgan fingerprint density at radius 2 is 2.37 bits per heavy atom. The van der Waals surface area contributed by atoms with E-state index in [1.54, 1.807) is 0 Å². The second-order valence-corrected chi connectivity index (χ2v) is 5.66. The van der Waals surface area contributed by atoms with Gasteiger partial charge >= 0.3 is 5.97 Å². The minimum Gasteiger partial charge on any atom is -0.476 e. The molecule has 0 saturated carbocycles. The van der Waals surface area contributed by atoms with Gasteiger partial charge < -0.3 is 15.7 Å². The number of thiazole rings is 1. The summed E-state index contributed by atoms with van der Waals surface area (Å²) >= 11 is 1.31. The number of carbonyl (C=O) groups excluding carboxylic acids is 1. The van der Waals surface area contributed by atoms with E-state index in [-0.39, 0.29) is 17.5 Å². The zero-order chi connectivity index (χ0) is 13.8. The van der Waals surface area contributed by atoms with Crippen LogP contribution < -0.4 is 10.6 Å². The summed E-state index contributed by atoms with van der Waals surface area (Å²) in [4.78, 5) is 26.5. The van der Waals surface area contributed by atoms with Gasteiger partial charge in [-0.1, -0.05) is 6.92 Å². The average Bonchev–Trinajstić information content (AvgIpc) is 2.97. The highest BCUT2D eigenvalue weighted by molar-refractivity contribution is 7.09. The SMILES string of the molecule is C[C@@H]1CNC[C@H]1C(=O)NCCc1nc(C(=O)O)cs1. The van der Waals surface area contributed by atoms with Crippen LogP contribution in [-0.2, 0) is 11.2 Å². The molecule has 6 nitrogen and oxygen atoms in total. The fraction of sp³-hybridized carbons (Fsp3) is 0.583. The lowest BCUT2D eigenvalue weighted by Crippen LogP contribution is -2.35. The molecule has 1 aromatic rings. The van der Waals surface area contributed by atoms with Gasteiger partial charge in [-0.05, 0) is 12.5 Å². The number of carboxylic acid groups (broad SMARTS) is 1. The van der Waals surface area contributed by atoms with Crippen molar-refractivity contribution >= 4 is 23.2 Å². The Bertz CT molecular complexity index is 475. The maximum atomic E-state index is 11.9. The van der Waals surface area contributed by atoms with Gasteiger partial charge in [0.15, 0.2) is 5.69 Å². The van der Waals surface area contributed by atoms with Crippen molar-refractivity contribution in [3.8, 4) is 0 Å². The second-order valence-electron chi connectivity index (χ2n) is 4.71. The van der Waals surface area contributed by atoms with Crippen LogP contribution in [0.2, 0.25) is 0 Å². The molecule has 104 valence electrons. The molecule has 1 aliphatic heterocycles. The zero-order valence-corrected chi connectivity index (χ0v) is 11.5. The number of nitrogens with zero attached hydrogens (tertiary/aromatic N) is 1. The number of aromatic carboxylic acids is 1. The molecule has 3 N–H and O–H groups in total. The van der Waals surface area contributed by atoms with Crippen molar-refractivity contribution in [1.82, 2.24) is 15.6 Å². The van der Waals surface area contributed by atoms with Crippen LogP contribution in [0.5, 0.6) is 0 Å². The summed E-state index contributed by atoms with van der Waals surface area (Å²) in [6.07, 6.45) is 0.568. The van der Waals surface area contributed by atoms with E-state index in [0.29, 0.717) is 18.9 Å². The fourth-order valence-corrected chi connectivity index (χ4v) is 2.88. The Balaban J connectivity index is 1.76. The molecular formula is C12H17N3O3S. The summed E-state index contributed by atoms with van der Waals surface area (Å²) in [5.41, 5.74) is 0.0694. The largest absolute Gasteiger partial charge is 0.476 e. The number of amides is 1. The molecule has 0 radical (unpaired) electrons. The van der Waals surface area contributed by atoms with Crippen LogP contribution in [0.1, 0.15) is 22.4 Å². The first-order chi connectivity index (χ1) is 9.08. The average molecular weight is 283 g/mol. The first-order valence-electron chi connectivity index (χ1n) is 6.24. The van der Waals surface area contributed by atoms with Gasteiger partial charge in [0.2, 0.25) is 5.91 Å². The van der Waals surface area contributed by atoms with Crippen LogP contribution >= 0.6 is 11.3 Å². The van der Waals surface area contributed by atoms with Gasteiger partial charge in [-0.2, -0.15) is 0 Å². The van der Waals surface area contributed by atoms with E-state index in [4.69, 9.17) is 5.11 Å². The predicted molar refractivity (Wildman–Crippen MR) is 71.3 cm³/mol. The molecule has 1 aromatic heterocycles. The molecule has 1 saturated heterocycles. The van der Waals surface area contributed by atoms with E-state index in [1.807, 2.05) is 0 Å². The summed E-state index contributed by atoms with van der Waals surface area (Å²) in [5.74, 6) is -0.561. The molecular weight excluding hydrogens is 266 g/mol. The van der Waals surface area contributed by atoms with Crippen LogP contribution in [0.25, 0.3) is 0 Å². The van der Waals surface area contributed by atoms with Gasteiger partial charge in [-0.3, -0.25) is 4.79 Å². The van der Waals surface area contributed by atoms with Crippen molar-refractivity contribution in [2.75, 3.05) is 19.6 Å². The normalized spacial score (nSPS) is 22.4. The summed E-state index contributed by atoms with van der Waals surface area (Å²) in [6.45, 7) is 4.17. The van der Waals surface area contributed by atoms with Crippen molar-refractivity contribution in [3.63, 3.8) is 0 Å². The standard InChI is InChI=1S/C12H17N3O3S/c1-7-4-13-5-8(7)11(16)14-3-2-10-15-9(6-19-10)12(17)18/h6-8,13H,2-5H2,1H3,(H,14,16)(H,17,18)/t7-,8-/m1/s1. The summed E-state index contributed by atoms with van der Waals surface area (Å²) in [7, 11) is 0. The quantitative estimate of drug-likeness (QED) is 0.725. The van der Waals surface area contributed by atoms with Crippen molar-refractivity contribution in [2.45, 2.75) is 13.3 Å². The number of hydrogen-bond donors (Lipinski definition) is 3. The number of hydrogen-bond acceptors (Lipinski definition) is 5. The van der Waals surface area contributed by atoms with Crippen molar-refractivity contribution in [3.05, 3.63) is 16.1 Å². The van der Waals surface area contributed by atoms with Gasteiger partial charge in [0.1, 0.15) is 0 Å². The lowest BCUT2D eigenvalue weighted by molar-refractivity contribution is -0.125. The highest BCUT2D eigenvalue weighted by atomic mass is 32.1. The van der Waals surface area contributed by atoms with E-state index < -0.39 is 5.97 Å². The van der Waals surface area contributed by atoms with E-state index in [9.17, 15) is 9.59 Å². The molecule has 2 rings (SSSR count). The maximum absolute atomic E-state index is 11.9. The third-order valence-corrected chi connectivity index (χ3v) is 4.17. The number of nitrogens with one attached hydrogen (secondary N) is 2. The predicted octanol–water partition coefficient (Wildman–Crippen LogP) is 0.356. The van der Waals surface area contributed by atoms with Crippen molar-refractivity contribution in [2.24, 2.45) is 11.8 Å². The molecule has 1 aliphatic rings. The van der Waals surface area contributed by atoms with Crippen LogP contribution in [0.3, 0.4) is 0 Å². The molecule has 0 bridgehead atoms. The first kappa shape index (κ1) is 14.0. The molecule has 0 spiro atoms. The van der Waals surface area contributed by atoms with Crippen LogP contribution in [0.15, 0.2) is 5.38 Å².